The molecule has 2 aromatic heterocycles. The molecule has 1 aliphatic heterocycles. The van der Waals surface area contributed by atoms with Crippen LogP contribution in [-0.2, 0) is 18.3 Å². The highest BCUT2D eigenvalue weighted by atomic mass is 16.2. The normalized spacial score (nSPS) is 26.6. The fourth-order valence-corrected chi connectivity index (χ4v) is 4.03. The van der Waals surface area contributed by atoms with E-state index in [0.29, 0.717) is 17.9 Å². The smallest absolute Gasteiger partial charge is 0.226 e. The quantitative estimate of drug-likeness (QED) is 0.864. The molecule has 0 radical (unpaired) electrons. The van der Waals surface area contributed by atoms with Gasteiger partial charge >= 0.3 is 0 Å². The molecule has 3 heterocycles. The van der Waals surface area contributed by atoms with Gasteiger partial charge in [-0.05, 0) is 30.7 Å². The van der Waals surface area contributed by atoms with Crippen LogP contribution in [0.2, 0.25) is 0 Å². The fourth-order valence-electron chi connectivity index (χ4n) is 4.03. The molecule has 6 nitrogen and oxygen atoms in total. The number of amides is 1. The lowest BCUT2D eigenvalue weighted by molar-refractivity contribution is -0.134. The average Bonchev–Trinajstić information content (AvgIpc) is 3.04. The van der Waals surface area contributed by atoms with Crippen LogP contribution in [0.1, 0.15) is 49.5 Å². The molecule has 2 fully saturated rings. The summed E-state index contributed by atoms with van der Waals surface area (Å²) in [7, 11) is 1.92. The lowest BCUT2D eigenvalue weighted by Gasteiger charge is -2.34. The summed E-state index contributed by atoms with van der Waals surface area (Å²) < 4.78 is 4.09. The van der Waals surface area contributed by atoms with Crippen LogP contribution in [-0.4, -0.2) is 43.2 Å². The first-order valence-corrected chi connectivity index (χ1v) is 8.96. The molecule has 0 N–H and O–H groups in total. The van der Waals surface area contributed by atoms with Crippen LogP contribution >= 0.6 is 0 Å². The van der Waals surface area contributed by atoms with Crippen LogP contribution in [0.5, 0.6) is 0 Å². The van der Waals surface area contributed by atoms with Crippen LogP contribution < -0.4 is 0 Å². The standard InChI is InChI=1S/C18H25N5O/c1-3-17-19-6-8-23(17)14-5-4-7-22(12-14)18(24)16-9-15(16)13-10-20-21(2)11-13/h6,8,10-11,14-16H,3-5,7,9,12H2,1-2H3/t14-,15+,16-/m1/s1. The zero-order chi connectivity index (χ0) is 16.7. The molecule has 0 unspecified atom stereocenters. The molecule has 1 amide bonds. The maximum Gasteiger partial charge on any atom is 0.226 e. The van der Waals surface area contributed by atoms with Gasteiger partial charge in [-0.1, -0.05) is 6.92 Å². The van der Waals surface area contributed by atoms with Crippen molar-refractivity contribution in [3.05, 3.63) is 36.2 Å². The van der Waals surface area contributed by atoms with Crippen LogP contribution in [0.3, 0.4) is 0 Å². The SMILES string of the molecule is CCc1nccn1[C@@H]1CCCN(C(=O)[C@@H]2C[C@H]2c2cnn(C)c2)C1. The van der Waals surface area contributed by atoms with Crippen molar-refractivity contribution in [2.45, 2.75) is 44.6 Å². The number of rotatable bonds is 4. The zero-order valence-corrected chi connectivity index (χ0v) is 14.4. The molecular weight excluding hydrogens is 302 g/mol. The van der Waals surface area contributed by atoms with Gasteiger partial charge in [-0.2, -0.15) is 5.10 Å². The summed E-state index contributed by atoms with van der Waals surface area (Å²) in [5.41, 5.74) is 1.20. The Bertz CT molecular complexity index is 733. The minimum atomic E-state index is 0.154. The van der Waals surface area contributed by atoms with Crippen LogP contribution in [0.15, 0.2) is 24.8 Å². The van der Waals surface area contributed by atoms with Gasteiger partial charge in [0.1, 0.15) is 5.82 Å². The first kappa shape index (κ1) is 15.4. The van der Waals surface area contributed by atoms with Crippen molar-refractivity contribution in [1.29, 1.82) is 0 Å². The van der Waals surface area contributed by atoms with Crippen molar-refractivity contribution in [3.8, 4) is 0 Å². The fraction of sp³-hybridized carbons (Fsp3) is 0.611. The number of aryl methyl sites for hydroxylation is 2. The largest absolute Gasteiger partial charge is 0.340 e. The number of piperidine rings is 1. The van der Waals surface area contributed by atoms with E-state index in [-0.39, 0.29) is 5.92 Å². The first-order chi connectivity index (χ1) is 11.7. The van der Waals surface area contributed by atoms with Gasteiger partial charge in [0, 0.05) is 51.1 Å². The molecule has 1 aliphatic carbocycles. The Morgan fingerprint density at radius 2 is 2.29 bits per heavy atom. The molecule has 0 bridgehead atoms. The minimum Gasteiger partial charge on any atom is -0.340 e. The van der Waals surface area contributed by atoms with Crippen molar-refractivity contribution >= 4 is 5.91 Å². The lowest BCUT2D eigenvalue weighted by atomic mass is 10.0. The third-order valence-electron chi connectivity index (χ3n) is 5.43. The topological polar surface area (TPSA) is 56.0 Å². The lowest BCUT2D eigenvalue weighted by Crippen LogP contribution is -2.41. The van der Waals surface area contributed by atoms with Crippen molar-refractivity contribution in [2.75, 3.05) is 13.1 Å². The highest BCUT2D eigenvalue weighted by Gasteiger charge is 2.47. The Balaban J connectivity index is 1.42. The van der Waals surface area contributed by atoms with Crippen LogP contribution in [0, 0.1) is 5.92 Å². The summed E-state index contributed by atoms with van der Waals surface area (Å²) in [5.74, 6) is 1.97. The zero-order valence-electron chi connectivity index (χ0n) is 14.4. The van der Waals surface area contributed by atoms with E-state index in [2.05, 4.69) is 32.7 Å². The second-order valence-electron chi connectivity index (χ2n) is 7.08. The van der Waals surface area contributed by atoms with E-state index in [9.17, 15) is 4.79 Å². The van der Waals surface area contributed by atoms with E-state index in [1.165, 1.54) is 5.56 Å². The summed E-state index contributed by atoms with van der Waals surface area (Å²) in [6.07, 6.45) is 12.0. The Morgan fingerprint density at radius 3 is 3.04 bits per heavy atom. The first-order valence-electron chi connectivity index (χ1n) is 8.96. The number of carbonyl (C=O) groups excluding carboxylic acids is 1. The van der Waals surface area contributed by atoms with E-state index in [0.717, 1.165) is 44.6 Å². The average molecular weight is 327 g/mol. The van der Waals surface area contributed by atoms with Crippen molar-refractivity contribution in [2.24, 2.45) is 13.0 Å². The Labute approximate surface area is 142 Å². The summed E-state index contributed by atoms with van der Waals surface area (Å²) in [6, 6.07) is 0.371. The molecule has 0 spiro atoms. The van der Waals surface area contributed by atoms with E-state index >= 15 is 0 Å². The molecule has 1 saturated carbocycles. The molecular formula is C18H25N5O. The van der Waals surface area contributed by atoms with Crippen LogP contribution in [0.4, 0.5) is 0 Å². The number of aromatic nitrogens is 4. The van der Waals surface area contributed by atoms with E-state index in [1.807, 2.05) is 30.3 Å². The minimum absolute atomic E-state index is 0.154. The predicted molar refractivity (Wildman–Crippen MR) is 90.5 cm³/mol. The molecule has 4 rings (SSSR count). The van der Waals surface area contributed by atoms with Gasteiger partial charge in [0.2, 0.25) is 5.91 Å². The number of carbonyl (C=O) groups is 1. The molecule has 2 aromatic rings. The molecule has 2 aliphatic rings. The van der Waals surface area contributed by atoms with Crippen molar-refractivity contribution < 1.29 is 4.79 Å². The number of likely N-dealkylation sites (tertiary alicyclic amines) is 1. The molecule has 24 heavy (non-hydrogen) atoms. The molecule has 3 atom stereocenters. The third kappa shape index (κ3) is 2.74. The van der Waals surface area contributed by atoms with Gasteiger partial charge in [-0.15, -0.1) is 0 Å². The van der Waals surface area contributed by atoms with E-state index < -0.39 is 0 Å². The van der Waals surface area contributed by atoms with Crippen molar-refractivity contribution in [1.82, 2.24) is 24.2 Å². The van der Waals surface area contributed by atoms with E-state index in [1.54, 1.807) is 0 Å². The van der Waals surface area contributed by atoms with Gasteiger partial charge in [-0.3, -0.25) is 9.48 Å². The summed E-state index contributed by atoms with van der Waals surface area (Å²) in [4.78, 5) is 19.4. The predicted octanol–water partition coefficient (Wildman–Crippen LogP) is 2.15. The molecule has 6 heteroatoms. The summed E-state index contributed by atoms with van der Waals surface area (Å²) in [6.45, 7) is 3.84. The molecule has 0 aromatic carbocycles. The number of hydrogen-bond acceptors (Lipinski definition) is 3. The Hall–Kier alpha value is -2.11. The monoisotopic (exact) mass is 327 g/mol. The number of imidazole rings is 1. The maximum absolute atomic E-state index is 12.9. The van der Waals surface area contributed by atoms with Gasteiger partial charge in [0.05, 0.1) is 12.2 Å². The highest BCUT2D eigenvalue weighted by Crippen LogP contribution is 2.48. The van der Waals surface area contributed by atoms with Gasteiger partial charge in [-0.25, -0.2) is 4.98 Å². The molecule has 1 saturated heterocycles. The second-order valence-corrected chi connectivity index (χ2v) is 7.08. The maximum atomic E-state index is 12.9. The number of nitrogens with zero attached hydrogens (tertiary/aromatic N) is 5. The van der Waals surface area contributed by atoms with Crippen LogP contribution in [0.25, 0.3) is 0 Å². The van der Waals surface area contributed by atoms with Gasteiger partial charge in [0.25, 0.3) is 0 Å². The summed E-state index contributed by atoms with van der Waals surface area (Å²) in [5, 5.41) is 4.23. The van der Waals surface area contributed by atoms with Gasteiger partial charge in [0.15, 0.2) is 0 Å². The third-order valence-corrected chi connectivity index (χ3v) is 5.43. The summed E-state index contributed by atoms with van der Waals surface area (Å²) >= 11 is 0. The molecule has 128 valence electrons. The van der Waals surface area contributed by atoms with Gasteiger partial charge < -0.3 is 9.47 Å². The Morgan fingerprint density at radius 1 is 1.42 bits per heavy atom. The second kappa shape index (κ2) is 6.07. The highest BCUT2D eigenvalue weighted by molar-refractivity contribution is 5.83. The van der Waals surface area contributed by atoms with E-state index in [4.69, 9.17) is 0 Å². The Kier molecular flexibility index (Phi) is 3.90. The van der Waals surface area contributed by atoms with Crippen molar-refractivity contribution in [3.63, 3.8) is 0 Å². The number of hydrogen-bond donors (Lipinski definition) is 0.